The minimum absolute atomic E-state index is 0.399. The second-order valence-corrected chi connectivity index (χ2v) is 5.65. The van der Waals surface area contributed by atoms with Crippen LogP contribution in [0.1, 0.15) is 31.4 Å². The molecule has 0 aliphatic rings. The van der Waals surface area contributed by atoms with Crippen molar-refractivity contribution in [2.24, 2.45) is 0 Å². The molecule has 2 aromatic carbocycles. The summed E-state index contributed by atoms with van der Waals surface area (Å²) < 4.78 is 1.27. The van der Waals surface area contributed by atoms with E-state index in [1.165, 1.54) is 21.2 Å². The van der Waals surface area contributed by atoms with Gasteiger partial charge >= 0.3 is 0 Å². The third kappa shape index (κ3) is 3.73. The number of hydrogen-bond donors (Lipinski definition) is 1. The van der Waals surface area contributed by atoms with Crippen LogP contribution < -0.4 is 5.32 Å². The SMILES string of the molecule is CCCC(Nc1ccc(I)cc1)c1ccccc1. The van der Waals surface area contributed by atoms with Gasteiger partial charge in [0.25, 0.3) is 0 Å². The zero-order chi connectivity index (χ0) is 12.8. The molecule has 0 bridgehead atoms. The van der Waals surface area contributed by atoms with Gasteiger partial charge in [0.2, 0.25) is 0 Å². The van der Waals surface area contributed by atoms with Gasteiger partial charge in [-0.3, -0.25) is 0 Å². The van der Waals surface area contributed by atoms with Crippen LogP contribution in [0.25, 0.3) is 0 Å². The predicted octanol–water partition coefficient (Wildman–Crippen LogP) is 5.24. The molecule has 0 aliphatic carbocycles. The summed E-state index contributed by atoms with van der Waals surface area (Å²) in [7, 11) is 0. The highest BCUT2D eigenvalue weighted by molar-refractivity contribution is 14.1. The second kappa shape index (κ2) is 6.78. The lowest BCUT2D eigenvalue weighted by Crippen LogP contribution is -2.10. The molecular formula is C16H18IN. The van der Waals surface area contributed by atoms with Crippen molar-refractivity contribution in [1.82, 2.24) is 0 Å². The van der Waals surface area contributed by atoms with E-state index in [1.54, 1.807) is 0 Å². The Kier molecular flexibility index (Phi) is 5.05. The summed E-state index contributed by atoms with van der Waals surface area (Å²) >= 11 is 2.33. The van der Waals surface area contributed by atoms with E-state index < -0.39 is 0 Å². The van der Waals surface area contributed by atoms with Gasteiger partial charge in [0.15, 0.2) is 0 Å². The number of halogens is 1. The summed E-state index contributed by atoms with van der Waals surface area (Å²) in [6, 6.07) is 19.6. The van der Waals surface area contributed by atoms with Crippen molar-refractivity contribution in [2.45, 2.75) is 25.8 Å². The fourth-order valence-corrected chi connectivity index (χ4v) is 2.40. The fourth-order valence-electron chi connectivity index (χ4n) is 2.04. The number of nitrogens with one attached hydrogen (secondary N) is 1. The molecule has 0 spiro atoms. The van der Waals surface area contributed by atoms with E-state index in [2.05, 4.69) is 89.4 Å². The maximum atomic E-state index is 3.62. The molecule has 1 nitrogen and oxygen atoms in total. The van der Waals surface area contributed by atoms with Gasteiger partial charge < -0.3 is 5.32 Å². The Balaban J connectivity index is 2.14. The molecule has 2 heteroatoms. The Labute approximate surface area is 123 Å². The summed E-state index contributed by atoms with van der Waals surface area (Å²) in [6.45, 7) is 2.23. The molecule has 0 radical (unpaired) electrons. The van der Waals surface area contributed by atoms with Crippen molar-refractivity contribution in [2.75, 3.05) is 5.32 Å². The molecule has 0 aromatic heterocycles. The number of hydrogen-bond acceptors (Lipinski definition) is 1. The van der Waals surface area contributed by atoms with Crippen LogP contribution in [-0.2, 0) is 0 Å². The molecule has 2 rings (SSSR count). The molecule has 0 heterocycles. The summed E-state index contributed by atoms with van der Waals surface area (Å²) in [4.78, 5) is 0. The lowest BCUT2D eigenvalue weighted by molar-refractivity contribution is 0.677. The minimum Gasteiger partial charge on any atom is -0.378 e. The summed E-state index contributed by atoms with van der Waals surface area (Å²) in [5.74, 6) is 0. The standard InChI is InChI=1S/C16H18IN/c1-2-6-16(13-7-4-3-5-8-13)18-15-11-9-14(17)10-12-15/h3-5,7-12,16,18H,2,6H2,1H3. The third-order valence-electron chi connectivity index (χ3n) is 2.96. The van der Waals surface area contributed by atoms with Crippen LogP contribution in [0.2, 0.25) is 0 Å². The highest BCUT2D eigenvalue weighted by atomic mass is 127. The van der Waals surface area contributed by atoms with E-state index in [0.717, 1.165) is 6.42 Å². The van der Waals surface area contributed by atoms with Crippen LogP contribution in [0.3, 0.4) is 0 Å². The van der Waals surface area contributed by atoms with E-state index in [0.29, 0.717) is 6.04 Å². The largest absolute Gasteiger partial charge is 0.378 e. The molecule has 18 heavy (non-hydrogen) atoms. The predicted molar refractivity (Wildman–Crippen MR) is 86.9 cm³/mol. The fraction of sp³-hybridized carbons (Fsp3) is 0.250. The topological polar surface area (TPSA) is 12.0 Å². The van der Waals surface area contributed by atoms with Crippen LogP contribution in [0.5, 0.6) is 0 Å². The first-order valence-electron chi connectivity index (χ1n) is 6.36. The van der Waals surface area contributed by atoms with E-state index in [-0.39, 0.29) is 0 Å². The molecule has 0 aliphatic heterocycles. The summed E-state index contributed by atoms with van der Waals surface area (Å²) in [6.07, 6.45) is 2.33. The first-order chi connectivity index (χ1) is 8.79. The van der Waals surface area contributed by atoms with Crippen LogP contribution in [0, 0.1) is 3.57 Å². The Bertz CT molecular complexity index is 464. The lowest BCUT2D eigenvalue weighted by Gasteiger charge is -2.20. The van der Waals surface area contributed by atoms with Gasteiger partial charge in [-0.05, 0) is 58.8 Å². The smallest absolute Gasteiger partial charge is 0.0513 e. The van der Waals surface area contributed by atoms with Crippen molar-refractivity contribution in [1.29, 1.82) is 0 Å². The van der Waals surface area contributed by atoms with Gasteiger partial charge in [0, 0.05) is 9.26 Å². The van der Waals surface area contributed by atoms with Gasteiger partial charge in [0.05, 0.1) is 6.04 Å². The Morgan fingerprint density at radius 3 is 2.28 bits per heavy atom. The zero-order valence-electron chi connectivity index (χ0n) is 10.6. The van der Waals surface area contributed by atoms with Crippen molar-refractivity contribution in [3.63, 3.8) is 0 Å². The molecule has 1 unspecified atom stereocenters. The van der Waals surface area contributed by atoms with Crippen LogP contribution in [0.4, 0.5) is 5.69 Å². The van der Waals surface area contributed by atoms with E-state index in [9.17, 15) is 0 Å². The zero-order valence-corrected chi connectivity index (χ0v) is 12.7. The highest BCUT2D eigenvalue weighted by Gasteiger charge is 2.09. The quantitative estimate of drug-likeness (QED) is 0.726. The van der Waals surface area contributed by atoms with Crippen molar-refractivity contribution in [3.8, 4) is 0 Å². The van der Waals surface area contributed by atoms with Crippen molar-refractivity contribution >= 4 is 28.3 Å². The Hall–Kier alpha value is -1.03. The number of benzene rings is 2. The normalized spacial score (nSPS) is 12.1. The van der Waals surface area contributed by atoms with Gasteiger partial charge in [-0.2, -0.15) is 0 Å². The molecule has 0 fully saturated rings. The van der Waals surface area contributed by atoms with E-state index in [1.807, 2.05) is 0 Å². The molecule has 0 amide bonds. The Morgan fingerprint density at radius 1 is 1.00 bits per heavy atom. The van der Waals surface area contributed by atoms with Gasteiger partial charge in [-0.15, -0.1) is 0 Å². The average molecular weight is 351 g/mol. The monoisotopic (exact) mass is 351 g/mol. The van der Waals surface area contributed by atoms with Crippen LogP contribution in [0.15, 0.2) is 54.6 Å². The summed E-state index contributed by atoms with van der Waals surface area (Å²) in [5.41, 5.74) is 2.55. The first-order valence-corrected chi connectivity index (χ1v) is 7.44. The van der Waals surface area contributed by atoms with E-state index in [4.69, 9.17) is 0 Å². The second-order valence-electron chi connectivity index (χ2n) is 4.40. The van der Waals surface area contributed by atoms with E-state index >= 15 is 0 Å². The molecule has 94 valence electrons. The molecule has 0 saturated carbocycles. The maximum Gasteiger partial charge on any atom is 0.0513 e. The molecular weight excluding hydrogens is 333 g/mol. The Morgan fingerprint density at radius 2 is 1.67 bits per heavy atom. The molecule has 2 aromatic rings. The van der Waals surface area contributed by atoms with Gasteiger partial charge in [-0.1, -0.05) is 43.7 Å². The van der Waals surface area contributed by atoms with Gasteiger partial charge in [0.1, 0.15) is 0 Å². The number of rotatable bonds is 5. The maximum absolute atomic E-state index is 3.62. The molecule has 1 N–H and O–H groups in total. The molecule has 0 saturated heterocycles. The van der Waals surface area contributed by atoms with Crippen molar-refractivity contribution < 1.29 is 0 Å². The number of anilines is 1. The lowest BCUT2D eigenvalue weighted by atomic mass is 10.0. The van der Waals surface area contributed by atoms with Crippen LogP contribution >= 0.6 is 22.6 Å². The average Bonchev–Trinajstić information content (AvgIpc) is 2.42. The highest BCUT2D eigenvalue weighted by Crippen LogP contribution is 2.24. The first kappa shape index (κ1) is 13.4. The third-order valence-corrected chi connectivity index (χ3v) is 3.68. The van der Waals surface area contributed by atoms with Crippen LogP contribution in [-0.4, -0.2) is 0 Å². The molecule has 1 atom stereocenters. The van der Waals surface area contributed by atoms with Crippen molar-refractivity contribution in [3.05, 3.63) is 63.7 Å². The summed E-state index contributed by atoms with van der Waals surface area (Å²) in [5, 5.41) is 3.62. The van der Waals surface area contributed by atoms with Gasteiger partial charge in [-0.25, -0.2) is 0 Å². The minimum atomic E-state index is 0.399.